The molecule has 156 valence electrons. The Hall–Kier alpha value is -2.46. The minimum Gasteiger partial charge on any atom is -0.466 e. The molecule has 3 amide bonds. The van der Waals surface area contributed by atoms with E-state index in [2.05, 4.69) is 15.6 Å². The highest BCUT2D eigenvalue weighted by molar-refractivity contribution is 7.14. The van der Waals surface area contributed by atoms with Gasteiger partial charge in [-0.3, -0.25) is 9.59 Å². The van der Waals surface area contributed by atoms with Crippen molar-refractivity contribution < 1.29 is 19.1 Å². The molecule has 2 aromatic heterocycles. The summed E-state index contributed by atoms with van der Waals surface area (Å²) in [5, 5.41) is 9.88. The molecule has 8 nitrogen and oxygen atoms in total. The third kappa shape index (κ3) is 6.26. The van der Waals surface area contributed by atoms with E-state index in [-0.39, 0.29) is 30.2 Å². The zero-order chi connectivity index (χ0) is 20.6. The first kappa shape index (κ1) is 21.3. The Morgan fingerprint density at radius 2 is 2.21 bits per heavy atom. The van der Waals surface area contributed by atoms with Crippen LogP contribution in [-0.2, 0) is 27.3 Å². The molecule has 3 heterocycles. The van der Waals surface area contributed by atoms with Gasteiger partial charge in [-0.25, -0.2) is 9.78 Å². The van der Waals surface area contributed by atoms with Gasteiger partial charge in [0.1, 0.15) is 0 Å². The quantitative estimate of drug-likeness (QED) is 0.650. The topological polar surface area (TPSA) is 101 Å². The first-order valence-corrected chi connectivity index (χ1v) is 11.3. The molecule has 0 spiro atoms. The van der Waals surface area contributed by atoms with Gasteiger partial charge in [-0.2, -0.15) is 0 Å². The number of amides is 3. The number of aromatic nitrogens is 1. The highest BCUT2D eigenvalue weighted by Gasteiger charge is 2.29. The lowest BCUT2D eigenvalue weighted by Crippen LogP contribution is -2.47. The van der Waals surface area contributed by atoms with Crippen molar-refractivity contribution in [3.63, 3.8) is 0 Å². The molecule has 1 saturated heterocycles. The predicted molar refractivity (Wildman–Crippen MR) is 112 cm³/mol. The fourth-order valence-electron chi connectivity index (χ4n) is 3.08. The molecule has 1 fully saturated rings. The monoisotopic (exact) mass is 436 g/mol. The molecule has 0 saturated carbocycles. The van der Waals surface area contributed by atoms with Crippen molar-refractivity contribution >= 4 is 45.7 Å². The molecule has 0 aromatic carbocycles. The number of hydrogen-bond donors (Lipinski definition) is 2. The van der Waals surface area contributed by atoms with Crippen LogP contribution in [0.3, 0.4) is 0 Å². The molecule has 0 aliphatic carbocycles. The summed E-state index contributed by atoms with van der Waals surface area (Å²) >= 11 is 2.87. The number of rotatable bonds is 7. The Kier molecular flexibility index (Phi) is 7.59. The summed E-state index contributed by atoms with van der Waals surface area (Å²) in [5.41, 5.74) is 0.571. The van der Waals surface area contributed by atoms with E-state index in [0.717, 1.165) is 17.7 Å². The van der Waals surface area contributed by atoms with Crippen LogP contribution in [0.15, 0.2) is 22.9 Å². The van der Waals surface area contributed by atoms with Gasteiger partial charge in [-0.05, 0) is 31.2 Å². The number of piperidine rings is 1. The van der Waals surface area contributed by atoms with Gasteiger partial charge in [0.15, 0.2) is 5.13 Å². The van der Waals surface area contributed by atoms with Gasteiger partial charge in [-0.15, -0.1) is 22.7 Å². The van der Waals surface area contributed by atoms with Crippen LogP contribution >= 0.6 is 22.7 Å². The summed E-state index contributed by atoms with van der Waals surface area (Å²) in [6.45, 7) is 3.59. The van der Waals surface area contributed by atoms with Crippen LogP contribution in [0.25, 0.3) is 0 Å². The number of likely N-dealkylation sites (tertiary alicyclic amines) is 1. The number of nitrogens with zero attached hydrogens (tertiary/aromatic N) is 2. The first-order valence-electron chi connectivity index (χ1n) is 9.51. The molecule has 1 aliphatic heterocycles. The van der Waals surface area contributed by atoms with Crippen LogP contribution < -0.4 is 10.6 Å². The van der Waals surface area contributed by atoms with Crippen LogP contribution in [0, 0.1) is 5.92 Å². The molecular weight excluding hydrogens is 412 g/mol. The number of thiazole rings is 1. The summed E-state index contributed by atoms with van der Waals surface area (Å²) in [4.78, 5) is 43.6. The summed E-state index contributed by atoms with van der Waals surface area (Å²) in [6.07, 6.45) is 1.58. The van der Waals surface area contributed by atoms with Crippen LogP contribution in [0.1, 0.15) is 30.3 Å². The maximum atomic E-state index is 12.6. The fraction of sp³-hybridized carbons (Fsp3) is 0.474. The Balaban J connectivity index is 1.48. The molecule has 0 radical (unpaired) electrons. The number of ether oxygens (including phenoxy) is 1. The summed E-state index contributed by atoms with van der Waals surface area (Å²) < 4.78 is 4.90. The molecule has 1 aliphatic rings. The molecule has 2 aromatic rings. The number of nitrogens with one attached hydrogen (secondary N) is 2. The van der Waals surface area contributed by atoms with Crippen molar-refractivity contribution in [3.8, 4) is 0 Å². The largest absolute Gasteiger partial charge is 0.466 e. The molecule has 3 rings (SSSR count). The summed E-state index contributed by atoms with van der Waals surface area (Å²) in [6, 6.07) is 3.77. The van der Waals surface area contributed by atoms with Gasteiger partial charge in [0.25, 0.3) is 0 Å². The van der Waals surface area contributed by atoms with Crippen molar-refractivity contribution in [1.82, 2.24) is 15.2 Å². The number of hydrogen-bond acceptors (Lipinski definition) is 7. The van der Waals surface area contributed by atoms with Crippen molar-refractivity contribution in [3.05, 3.63) is 33.5 Å². The van der Waals surface area contributed by atoms with Crippen molar-refractivity contribution in [2.75, 3.05) is 25.0 Å². The lowest BCUT2D eigenvalue weighted by Gasteiger charge is -2.31. The van der Waals surface area contributed by atoms with Crippen LogP contribution in [-0.4, -0.2) is 47.5 Å². The van der Waals surface area contributed by atoms with Crippen molar-refractivity contribution in [2.24, 2.45) is 5.92 Å². The van der Waals surface area contributed by atoms with Crippen molar-refractivity contribution in [2.45, 2.75) is 32.7 Å². The van der Waals surface area contributed by atoms with E-state index in [1.54, 1.807) is 28.5 Å². The van der Waals surface area contributed by atoms with E-state index >= 15 is 0 Å². The lowest BCUT2D eigenvalue weighted by atomic mass is 9.97. The number of carbonyl (C=O) groups is 3. The molecule has 1 unspecified atom stereocenters. The van der Waals surface area contributed by atoms with Crippen LogP contribution in [0.4, 0.5) is 9.93 Å². The SMILES string of the molecule is CCOC(=O)Cc1csc(NC(=O)C2CCCN(C(=O)NCc3cccs3)C2)n1. The fourth-order valence-corrected chi connectivity index (χ4v) is 4.43. The molecular formula is C19H24N4O4S2. The van der Waals surface area contributed by atoms with Gasteiger partial charge in [-0.1, -0.05) is 6.07 Å². The van der Waals surface area contributed by atoms with E-state index in [4.69, 9.17) is 4.74 Å². The molecule has 2 N–H and O–H groups in total. The van der Waals surface area contributed by atoms with Gasteiger partial charge in [0.05, 0.1) is 31.2 Å². The minimum atomic E-state index is -0.341. The number of esters is 1. The Morgan fingerprint density at radius 1 is 1.34 bits per heavy atom. The Morgan fingerprint density at radius 3 is 2.97 bits per heavy atom. The number of carbonyl (C=O) groups excluding carboxylic acids is 3. The zero-order valence-electron chi connectivity index (χ0n) is 16.2. The maximum Gasteiger partial charge on any atom is 0.317 e. The van der Waals surface area contributed by atoms with E-state index in [9.17, 15) is 14.4 Å². The number of thiophene rings is 1. The average molecular weight is 437 g/mol. The number of anilines is 1. The van der Waals surface area contributed by atoms with E-state index < -0.39 is 0 Å². The highest BCUT2D eigenvalue weighted by atomic mass is 32.1. The van der Waals surface area contributed by atoms with Crippen LogP contribution in [0.5, 0.6) is 0 Å². The Labute approximate surface area is 177 Å². The van der Waals surface area contributed by atoms with E-state index in [0.29, 0.717) is 37.1 Å². The molecule has 1 atom stereocenters. The van der Waals surface area contributed by atoms with Gasteiger partial charge < -0.3 is 20.3 Å². The molecule has 0 bridgehead atoms. The van der Waals surface area contributed by atoms with E-state index in [1.165, 1.54) is 11.3 Å². The highest BCUT2D eigenvalue weighted by Crippen LogP contribution is 2.21. The normalized spacial score (nSPS) is 16.3. The zero-order valence-corrected chi connectivity index (χ0v) is 17.8. The number of urea groups is 1. The third-order valence-corrected chi connectivity index (χ3v) is 6.17. The maximum absolute atomic E-state index is 12.6. The summed E-state index contributed by atoms with van der Waals surface area (Å²) in [5.74, 6) is -0.779. The van der Waals surface area contributed by atoms with Gasteiger partial charge in [0.2, 0.25) is 5.91 Å². The molecule has 29 heavy (non-hydrogen) atoms. The second kappa shape index (κ2) is 10.4. The predicted octanol–water partition coefficient (Wildman–Crippen LogP) is 2.87. The second-order valence-electron chi connectivity index (χ2n) is 6.64. The van der Waals surface area contributed by atoms with Crippen LogP contribution in [0.2, 0.25) is 0 Å². The lowest BCUT2D eigenvalue weighted by molar-refractivity contribution is -0.142. The minimum absolute atomic E-state index is 0.0851. The average Bonchev–Trinajstić information content (AvgIpc) is 3.38. The van der Waals surface area contributed by atoms with Gasteiger partial charge >= 0.3 is 12.0 Å². The smallest absolute Gasteiger partial charge is 0.317 e. The Bertz CT molecular complexity index is 837. The van der Waals surface area contributed by atoms with E-state index in [1.807, 2.05) is 17.5 Å². The third-order valence-electron chi connectivity index (χ3n) is 4.49. The molecule has 10 heteroatoms. The second-order valence-corrected chi connectivity index (χ2v) is 8.53. The standard InChI is InChI=1S/C19H24N4O4S2/c1-2-27-16(24)9-14-12-29-18(21-14)22-17(25)13-5-3-7-23(11-13)19(26)20-10-15-6-4-8-28-15/h4,6,8,12-13H,2-3,5,7,9-11H2,1H3,(H,20,26)(H,21,22,25). The first-order chi connectivity index (χ1) is 14.0. The summed E-state index contributed by atoms with van der Waals surface area (Å²) in [7, 11) is 0. The van der Waals surface area contributed by atoms with Gasteiger partial charge in [0, 0.05) is 23.3 Å². The van der Waals surface area contributed by atoms with Crippen molar-refractivity contribution in [1.29, 1.82) is 0 Å².